The first-order valence-corrected chi connectivity index (χ1v) is 11.8. The number of aliphatic hydroxyl groups is 1. The minimum atomic E-state index is -0.537. The Morgan fingerprint density at radius 2 is 2.03 bits per heavy atom. The van der Waals surface area contributed by atoms with Crippen LogP contribution in [0.3, 0.4) is 0 Å². The standard InChI is InChI=1S/C24H31ClFN3O3/c1-17-23(32)28(11-2-10-27-12-9-24(7-8-24)21(30)16-27)13-14-29(17)22(31)6-4-18-3-5-19(25)20(26)15-18/h3-6,15,17,21,30H,2,7-14,16H2,1H3/t17?,21-/m1/s1. The van der Waals surface area contributed by atoms with Gasteiger partial charge in [-0.15, -0.1) is 0 Å². The molecule has 4 rings (SSSR count). The zero-order valence-electron chi connectivity index (χ0n) is 18.5. The minimum absolute atomic E-state index is 0.0344. The van der Waals surface area contributed by atoms with Crippen LogP contribution in [-0.4, -0.2) is 83.0 Å². The highest BCUT2D eigenvalue weighted by molar-refractivity contribution is 6.30. The molecule has 3 aliphatic rings. The quantitative estimate of drug-likeness (QED) is 0.659. The summed E-state index contributed by atoms with van der Waals surface area (Å²) in [4.78, 5) is 31.1. The second kappa shape index (κ2) is 9.49. The van der Waals surface area contributed by atoms with Gasteiger partial charge in [-0.3, -0.25) is 9.59 Å². The molecule has 32 heavy (non-hydrogen) atoms. The first kappa shape index (κ1) is 23.2. The third-order valence-electron chi connectivity index (χ3n) is 7.25. The number of amides is 2. The molecular weight excluding hydrogens is 433 g/mol. The van der Waals surface area contributed by atoms with E-state index in [9.17, 15) is 19.1 Å². The molecule has 2 amide bonds. The Morgan fingerprint density at radius 1 is 1.25 bits per heavy atom. The predicted molar refractivity (Wildman–Crippen MR) is 122 cm³/mol. The van der Waals surface area contributed by atoms with Crippen LogP contribution in [0.5, 0.6) is 0 Å². The molecule has 174 valence electrons. The van der Waals surface area contributed by atoms with E-state index < -0.39 is 11.9 Å². The number of hydrogen-bond acceptors (Lipinski definition) is 4. The molecule has 2 saturated heterocycles. The van der Waals surface area contributed by atoms with Crippen LogP contribution in [0.15, 0.2) is 24.3 Å². The van der Waals surface area contributed by atoms with Gasteiger partial charge in [0, 0.05) is 32.3 Å². The van der Waals surface area contributed by atoms with E-state index in [-0.39, 0.29) is 28.4 Å². The second-order valence-electron chi connectivity index (χ2n) is 9.32. The monoisotopic (exact) mass is 463 g/mol. The normalized spacial score (nSPS) is 25.7. The van der Waals surface area contributed by atoms with Gasteiger partial charge in [-0.25, -0.2) is 4.39 Å². The van der Waals surface area contributed by atoms with E-state index >= 15 is 0 Å². The van der Waals surface area contributed by atoms with Crippen molar-refractivity contribution in [2.75, 3.05) is 39.3 Å². The summed E-state index contributed by atoms with van der Waals surface area (Å²) in [6.45, 7) is 6.00. The summed E-state index contributed by atoms with van der Waals surface area (Å²) in [5.74, 6) is -0.854. The number of hydrogen-bond donors (Lipinski definition) is 1. The van der Waals surface area contributed by atoms with E-state index in [0.717, 1.165) is 45.3 Å². The Kier molecular flexibility index (Phi) is 6.89. The van der Waals surface area contributed by atoms with Crippen molar-refractivity contribution >= 4 is 29.5 Å². The second-order valence-corrected chi connectivity index (χ2v) is 9.73. The molecule has 1 spiro atoms. The summed E-state index contributed by atoms with van der Waals surface area (Å²) in [6.07, 6.45) is 6.92. The molecule has 3 fully saturated rings. The molecule has 0 aromatic heterocycles. The Balaban J connectivity index is 1.24. The van der Waals surface area contributed by atoms with Crippen molar-refractivity contribution in [2.24, 2.45) is 5.41 Å². The van der Waals surface area contributed by atoms with Gasteiger partial charge in [0.15, 0.2) is 0 Å². The summed E-state index contributed by atoms with van der Waals surface area (Å²) in [5, 5.41) is 10.4. The predicted octanol–water partition coefficient (Wildman–Crippen LogP) is 2.79. The zero-order chi connectivity index (χ0) is 22.9. The number of rotatable bonds is 6. The molecule has 2 heterocycles. The van der Waals surface area contributed by atoms with Gasteiger partial charge in [0.1, 0.15) is 11.9 Å². The topological polar surface area (TPSA) is 64.1 Å². The molecule has 6 nitrogen and oxygen atoms in total. The van der Waals surface area contributed by atoms with Crippen molar-refractivity contribution in [2.45, 2.75) is 44.8 Å². The number of likely N-dealkylation sites (tertiary alicyclic amines) is 1. The molecule has 1 N–H and O–H groups in total. The third kappa shape index (κ3) is 5.00. The fourth-order valence-corrected chi connectivity index (χ4v) is 4.96. The van der Waals surface area contributed by atoms with Gasteiger partial charge < -0.3 is 19.8 Å². The highest BCUT2D eigenvalue weighted by Crippen LogP contribution is 2.53. The maximum Gasteiger partial charge on any atom is 0.247 e. The maximum absolute atomic E-state index is 13.6. The lowest BCUT2D eigenvalue weighted by molar-refractivity contribution is -0.148. The van der Waals surface area contributed by atoms with E-state index in [1.165, 1.54) is 24.3 Å². The Hall–Kier alpha value is -1.96. The molecule has 2 aliphatic heterocycles. The number of β-amino-alcohol motifs (C(OH)–C–C–N with tert-alkyl or cyclic N) is 1. The van der Waals surface area contributed by atoms with Crippen molar-refractivity contribution in [3.63, 3.8) is 0 Å². The minimum Gasteiger partial charge on any atom is -0.391 e. The lowest BCUT2D eigenvalue weighted by atomic mass is 9.90. The fourth-order valence-electron chi connectivity index (χ4n) is 4.84. The highest BCUT2D eigenvalue weighted by Gasteiger charge is 2.51. The number of carbonyl (C=O) groups excluding carboxylic acids is 2. The molecule has 8 heteroatoms. The molecule has 0 radical (unpaired) electrons. The van der Waals surface area contributed by atoms with Gasteiger partial charge in [-0.1, -0.05) is 17.7 Å². The summed E-state index contributed by atoms with van der Waals surface area (Å²) < 4.78 is 13.6. The van der Waals surface area contributed by atoms with Gasteiger partial charge in [0.25, 0.3) is 0 Å². The molecule has 2 atom stereocenters. The van der Waals surface area contributed by atoms with E-state index in [0.29, 0.717) is 25.2 Å². The lowest BCUT2D eigenvalue weighted by Gasteiger charge is -2.39. The number of halogens is 2. The molecule has 0 bridgehead atoms. The molecule has 1 unspecified atom stereocenters. The van der Waals surface area contributed by atoms with Gasteiger partial charge >= 0.3 is 0 Å². The summed E-state index contributed by atoms with van der Waals surface area (Å²) in [7, 11) is 0. The van der Waals surface area contributed by atoms with E-state index in [1.807, 2.05) is 4.90 Å². The Labute approximate surface area is 193 Å². The molecule has 1 saturated carbocycles. The van der Waals surface area contributed by atoms with Crippen LogP contribution < -0.4 is 0 Å². The number of nitrogens with zero attached hydrogens (tertiary/aromatic N) is 3. The van der Waals surface area contributed by atoms with Gasteiger partial charge in [-0.2, -0.15) is 0 Å². The van der Waals surface area contributed by atoms with E-state index in [1.54, 1.807) is 17.9 Å². The summed E-state index contributed by atoms with van der Waals surface area (Å²) >= 11 is 5.68. The van der Waals surface area contributed by atoms with Crippen LogP contribution in [0.2, 0.25) is 5.02 Å². The van der Waals surface area contributed by atoms with Crippen molar-refractivity contribution < 1.29 is 19.1 Å². The van der Waals surface area contributed by atoms with E-state index in [2.05, 4.69) is 4.90 Å². The largest absolute Gasteiger partial charge is 0.391 e. The number of piperidine rings is 1. The van der Waals surface area contributed by atoms with Crippen LogP contribution in [-0.2, 0) is 9.59 Å². The number of piperazine rings is 1. The SMILES string of the molecule is CC1C(=O)N(CCCN2CCC3(CC3)[C@H](O)C2)CCN1C(=O)C=Cc1ccc(Cl)c(F)c1. The third-order valence-corrected chi connectivity index (χ3v) is 7.56. The Bertz CT molecular complexity index is 904. The van der Waals surface area contributed by atoms with Crippen LogP contribution in [0.4, 0.5) is 4.39 Å². The highest BCUT2D eigenvalue weighted by atomic mass is 35.5. The van der Waals surface area contributed by atoms with Crippen molar-refractivity contribution in [3.8, 4) is 0 Å². The van der Waals surface area contributed by atoms with E-state index in [4.69, 9.17) is 11.6 Å². The maximum atomic E-state index is 13.6. The van der Waals surface area contributed by atoms with Gasteiger partial charge in [0.05, 0.1) is 11.1 Å². The molecule has 1 aromatic carbocycles. The average Bonchev–Trinajstić information content (AvgIpc) is 3.55. The van der Waals surface area contributed by atoms with Crippen LogP contribution >= 0.6 is 11.6 Å². The first-order chi connectivity index (χ1) is 15.3. The molecule has 1 aliphatic carbocycles. The van der Waals surface area contributed by atoms with Crippen LogP contribution in [0, 0.1) is 11.2 Å². The average molecular weight is 464 g/mol. The van der Waals surface area contributed by atoms with Crippen molar-refractivity contribution in [1.82, 2.24) is 14.7 Å². The fraction of sp³-hybridized carbons (Fsp3) is 0.583. The summed E-state index contributed by atoms with van der Waals surface area (Å²) in [5.41, 5.74) is 0.745. The van der Waals surface area contributed by atoms with Gasteiger partial charge in [-0.05, 0) is 74.9 Å². The molecular formula is C24H31ClFN3O3. The lowest BCUT2D eigenvalue weighted by Crippen LogP contribution is -2.57. The molecule has 1 aromatic rings. The van der Waals surface area contributed by atoms with Gasteiger partial charge in [0.2, 0.25) is 11.8 Å². The number of benzene rings is 1. The van der Waals surface area contributed by atoms with Crippen molar-refractivity contribution in [1.29, 1.82) is 0 Å². The summed E-state index contributed by atoms with van der Waals surface area (Å²) in [6, 6.07) is 3.81. The van der Waals surface area contributed by atoms with Crippen LogP contribution in [0.1, 0.15) is 38.2 Å². The smallest absolute Gasteiger partial charge is 0.247 e. The van der Waals surface area contributed by atoms with Crippen molar-refractivity contribution in [3.05, 3.63) is 40.7 Å². The number of aliphatic hydroxyl groups excluding tert-OH is 1. The number of carbonyl (C=O) groups is 2. The Morgan fingerprint density at radius 3 is 2.72 bits per heavy atom. The zero-order valence-corrected chi connectivity index (χ0v) is 19.2. The van der Waals surface area contributed by atoms with Crippen LogP contribution in [0.25, 0.3) is 6.08 Å². The first-order valence-electron chi connectivity index (χ1n) is 11.4.